The summed E-state index contributed by atoms with van der Waals surface area (Å²) in [5, 5.41) is 11.4. The van der Waals surface area contributed by atoms with Crippen LogP contribution >= 0.6 is 15.9 Å². The van der Waals surface area contributed by atoms with Crippen molar-refractivity contribution in [3.63, 3.8) is 0 Å². The molecule has 0 radical (unpaired) electrons. The van der Waals surface area contributed by atoms with Crippen LogP contribution in [0.5, 0.6) is 11.5 Å². The molecule has 3 aromatic rings. The minimum absolute atomic E-state index is 0.142. The number of nitro benzene ring substituents is 1. The lowest BCUT2D eigenvalue weighted by molar-refractivity contribution is -0.385. The largest absolute Gasteiger partial charge is 0.497 e. The Hall–Kier alpha value is -3.52. The molecule has 0 bridgehead atoms. The number of carbonyl (C=O) groups excluding carboxylic acids is 1. The minimum atomic E-state index is -0.702. The number of ether oxygens (including phenoxy) is 2. The van der Waals surface area contributed by atoms with Gasteiger partial charge in [-0.15, -0.1) is 0 Å². The summed E-state index contributed by atoms with van der Waals surface area (Å²) in [7, 11) is 1.51. The number of carbonyl (C=O) groups is 1. The third kappa shape index (κ3) is 5.26. The third-order valence-corrected chi connectivity index (χ3v) is 4.43. The van der Waals surface area contributed by atoms with Gasteiger partial charge < -0.3 is 9.47 Å². The maximum absolute atomic E-state index is 12.3. The number of methoxy groups -OCH3 is 1. The zero-order valence-electron chi connectivity index (χ0n) is 15.2. The van der Waals surface area contributed by atoms with Gasteiger partial charge in [-0.25, -0.2) is 4.79 Å². The Morgan fingerprint density at radius 3 is 2.38 bits per heavy atom. The molecule has 0 atom stereocenters. The number of esters is 1. The Bertz CT molecular complexity index is 1060. The number of nitrogens with zero attached hydrogens (tertiary/aromatic N) is 2. The lowest BCUT2D eigenvalue weighted by atomic mass is 10.2. The van der Waals surface area contributed by atoms with E-state index >= 15 is 0 Å². The highest BCUT2D eigenvalue weighted by atomic mass is 79.9. The molecule has 0 amide bonds. The maximum Gasteiger partial charge on any atom is 0.343 e. The Morgan fingerprint density at radius 1 is 1.07 bits per heavy atom. The van der Waals surface area contributed by atoms with Crippen molar-refractivity contribution in [2.24, 2.45) is 4.99 Å². The van der Waals surface area contributed by atoms with E-state index in [1.807, 2.05) is 12.1 Å². The molecule has 0 N–H and O–H groups in total. The SMILES string of the molecule is COc1ccc(C(=O)Oc2ccc(C=Nc3ccc(Br)cc3)cc2[N+](=O)[O-])cc1. The fourth-order valence-electron chi connectivity index (χ4n) is 2.41. The van der Waals surface area contributed by atoms with E-state index in [0.29, 0.717) is 17.0 Å². The van der Waals surface area contributed by atoms with Crippen LogP contribution in [0.15, 0.2) is 76.2 Å². The summed E-state index contributed by atoms with van der Waals surface area (Å²) in [6, 6.07) is 17.8. The molecule has 0 aromatic heterocycles. The van der Waals surface area contributed by atoms with Crippen molar-refractivity contribution in [3.05, 3.63) is 92.4 Å². The van der Waals surface area contributed by atoms with Crippen molar-refractivity contribution >= 4 is 39.5 Å². The molecule has 8 heteroatoms. The van der Waals surface area contributed by atoms with Crippen molar-refractivity contribution in [2.45, 2.75) is 0 Å². The minimum Gasteiger partial charge on any atom is -0.497 e. The highest BCUT2D eigenvalue weighted by Crippen LogP contribution is 2.29. The van der Waals surface area contributed by atoms with Gasteiger partial charge in [0.1, 0.15) is 5.75 Å². The van der Waals surface area contributed by atoms with Gasteiger partial charge >= 0.3 is 11.7 Å². The summed E-state index contributed by atoms with van der Waals surface area (Å²) in [4.78, 5) is 27.4. The molecule has 7 nitrogen and oxygen atoms in total. The molecule has 0 aliphatic carbocycles. The van der Waals surface area contributed by atoms with Crippen LogP contribution in [0.3, 0.4) is 0 Å². The van der Waals surface area contributed by atoms with Crippen LogP contribution in [0.1, 0.15) is 15.9 Å². The predicted octanol–water partition coefficient (Wildman–Crippen LogP) is 5.34. The van der Waals surface area contributed by atoms with Gasteiger partial charge in [0.2, 0.25) is 5.75 Å². The molecule has 0 aliphatic rings. The fourth-order valence-corrected chi connectivity index (χ4v) is 2.67. The van der Waals surface area contributed by atoms with Crippen LogP contribution < -0.4 is 9.47 Å². The van der Waals surface area contributed by atoms with Crippen LogP contribution in [0, 0.1) is 10.1 Å². The molecular weight excluding hydrogens is 440 g/mol. The molecule has 146 valence electrons. The van der Waals surface area contributed by atoms with Crippen LogP contribution in [-0.2, 0) is 0 Å². The van der Waals surface area contributed by atoms with E-state index in [1.54, 1.807) is 30.3 Å². The Labute approximate surface area is 174 Å². The molecule has 3 rings (SSSR count). The molecule has 3 aromatic carbocycles. The summed E-state index contributed by atoms with van der Waals surface area (Å²) in [5.41, 5.74) is 1.13. The van der Waals surface area contributed by atoms with Crippen LogP contribution in [0.25, 0.3) is 0 Å². The van der Waals surface area contributed by atoms with E-state index in [1.165, 1.54) is 37.6 Å². The predicted molar refractivity (Wildman–Crippen MR) is 112 cm³/mol. The first-order valence-electron chi connectivity index (χ1n) is 8.40. The molecular formula is C21H15BrN2O5. The van der Waals surface area contributed by atoms with Gasteiger partial charge in [-0.05, 0) is 66.2 Å². The van der Waals surface area contributed by atoms with E-state index < -0.39 is 10.9 Å². The van der Waals surface area contributed by atoms with E-state index in [-0.39, 0.29) is 17.0 Å². The van der Waals surface area contributed by atoms with Gasteiger partial charge in [0.05, 0.1) is 23.3 Å². The first kappa shape index (κ1) is 20.2. The number of hydrogen-bond donors (Lipinski definition) is 0. The fraction of sp³-hybridized carbons (Fsp3) is 0.0476. The van der Waals surface area contributed by atoms with Gasteiger partial charge in [-0.2, -0.15) is 0 Å². The van der Waals surface area contributed by atoms with Gasteiger partial charge in [0, 0.05) is 16.8 Å². The van der Waals surface area contributed by atoms with E-state index in [4.69, 9.17) is 9.47 Å². The standard InChI is InChI=1S/C21H15BrN2O5/c1-28-18-9-3-15(4-10-18)21(25)29-20-11-2-14(12-19(20)24(26)27)13-23-17-7-5-16(22)6-8-17/h2-13H,1H3. The van der Waals surface area contributed by atoms with Crippen LogP contribution in [-0.4, -0.2) is 24.2 Å². The second-order valence-electron chi connectivity index (χ2n) is 5.84. The average molecular weight is 455 g/mol. The zero-order valence-corrected chi connectivity index (χ0v) is 16.8. The summed E-state index contributed by atoms with van der Waals surface area (Å²) in [6.07, 6.45) is 1.51. The van der Waals surface area contributed by atoms with Crippen molar-refractivity contribution in [1.29, 1.82) is 0 Å². The quantitative estimate of drug-likeness (QED) is 0.165. The highest BCUT2D eigenvalue weighted by molar-refractivity contribution is 9.10. The third-order valence-electron chi connectivity index (χ3n) is 3.90. The number of benzene rings is 3. The van der Waals surface area contributed by atoms with E-state index in [2.05, 4.69) is 20.9 Å². The van der Waals surface area contributed by atoms with Gasteiger partial charge in [-0.3, -0.25) is 15.1 Å². The first-order valence-corrected chi connectivity index (χ1v) is 9.20. The molecule has 0 spiro atoms. The topological polar surface area (TPSA) is 91.0 Å². The second-order valence-corrected chi connectivity index (χ2v) is 6.75. The number of hydrogen-bond acceptors (Lipinski definition) is 6. The summed E-state index contributed by atoms with van der Waals surface area (Å²) >= 11 is 3.34. The highest BCUT2D eigenvalue weighted by Gasteiger charge is 2.19. The van der Waals surface area contributed by atoms with E-state index in [0.717, 1.165) is 4.47 Å². The lowest BCUT2D eigenvalue weighted by Crippen LogP contribution is -2.10. The smallest absolute Gasteiger partial charge is 0.343 e. The number of halogens is 1. The van der Waals surface area contributed by atoms with Crippen molar-refractivity contribution < 1.29 is 19.2 Å². The Balaban J connectivity index is 1.81. The number of rotatable bonds is 6. The van der Waals surface area contributed by atoms with Gasteiger partial charge in [-0.1, -0.05) is 15.9 Å². The van der Waals surface area contributed by atoms with Gasteiger partial charge in [0.25, 0.3) is 0 Å². The molecule has 0 saturated carbocycles. The monoisotopic (exact) mass is 454 g/mol. The molecule has 0 heterocycles. The Morgan fingerprint density at radius 2 is 1.76 bits per heavy atom. The Kier molecular flexibility index (Phi) is 6.36. The average Bonchev–Trinajstić information content (AvgIpc) is 2.74. The molecule has 0 saturated heterocycles. The molecule has 29 heavy (non-hydrogen) atoms. The normalized spacial score (nSPS) is 10.7. The molecule has 0 aliphatic heterocycles. The van der Waals surface area contributed by atoms with Crippen LogP contribution in [0.2, 0.25) is 0 Å². The van der Waals surface area contributed by atoms with E-state index in [9.17, 15) is 14.9 Å². The summed E-state index contributed by atoms with van der Waals surface area (Å²) in [6.45, 7) is 0. The number of nitro groups is 1. The molecule has 0 unspecified atom stereocenters. The first-order chi connectivity index (χ1) is 14.0. The van der Waals surface area contributed by atoms with Crippen molar-refractivity contribution in [1.82, 2.24) is 0 Å². The molecule has 0 fully saturated rings. The zero-order chi connectivity index (χ0) is 20.8. The summed E-state index contributed by atoms with van der Waals surface area (Å²) < 4.78 is 11.2. The van der Waals surface area contributed by atoms with Gasteiger partial charge in [0.15, 0.2) is 0 Å². The summed E-state index contributed by atoms with van der Waals surface area (Å²) in [5.74, 6) is -0.259. The van der Waals surface area contributed by atoms with Crippen molar-refractivity contribution in [3.8, 4) is 11.5 Å². The second kappa shape index (κ2) is 9.11. The maximum atomic E-state index is 12.3. The van der Waals surface area contributed by atoms with Crippen molar-refractivity contribution in [2.75, 3.05) is 7.11 Å². The number of aliphatic imine (C=N–C) groups is 1. The van der Waals surface area contributed by atoms with Crippen LogP contribution in [0.4, 0.5) is 11.4 Å². The lowest BCUT2D eigenvalue weighted by Gasteiger charge is -2.06.